The predicted octanol–water partition coefficient (Wildman–Crippen LogP) is 5.46. The third kappa shape index (κ3) is 5.22. The number of nitrogens with zero attached hydrogens (tertiary/aromatic N) is 3. The number of para-hydroxylation sites is 1. The molecule has 1 atom stereocenters. The van der Waals surface area contributed by atoms with Crippen LogP contribution in [0.25, 0.3) is 10.9 Å². The Hall–Kier alpha value is -3.26. The van der Waals surface area contributed by atoms with Gasteiger partial charge in [0, 0.05) is 21.7 Å². The standard InChI is InChI=1S/C25H24ClN5OS/c1-17-20(26)12-8-13-21(17)27-25(33)29-28-23-19-11-6-7-14-22(19)31(24(23)32)16-30(2)15-18-9-4-3-5-10-18/h3-14,32H,15-16H2,1-2H3,(H,27,33)/p+1. The number of fused-ring (bicyclic) bond motifs is 1. The SMILES string of the molecule is Cc1c(Cl)cccc1NC(=S)N=Nc1c(O)n(C[NH+](C)Cc2ccccc2)c2ccccc12. The number of aromatic nitrogens is 1. The average molecular weight is 479 g/mol. The highest BCUT2D eigenvalue weighted by atomic mass is 35.5. The summed E-state index contributed by atoms with van der Waals surface area (Å²) in [7, 11) is 2.09. The molecule has 0 amide bonds. The average Bonchev–Trinajstić information content (AvgIpc) is 3.07. The number of hydrogen-bond donors (Lipinski definition) is 3. The van der Waals surface area contributed by atoms with E-state index in [1.165, 1.54) is 10.5 Å². The molecule has 3 aromatic carbocycles. The summed E-state index contributed by atoms with van der Waals surface area (Å²) in [5.41, 5.74) is 4.16. The summed E-state index contributed by atoms with van der Waals surface area (Å²) in [5.74, 6) is 0.0640. The zero-order valence-corrected chi connectivity index (χ0v) is 20.0. The zero-order chi connectivity index (χ0) is 23.4. The van der Waals surface area contributed by atoms with E-state index < -0.39 is 0 Å². The number of thiocarbonyl (C=S) groups is 1. The summed E-state index contributed by atoms with van der Waals surface area (Å²) < 4.78 is 1.86. The molecule has 1 heterocycles. The van der Waals surface area contributed by atoms with Crippen molar-refractivity contribution in [1.82, 2.24) is 4.57 Å². The first kappa shape index (κ1) is 22.9. The summed E-state index contributed by atoms with van der Waals surface area (Å²) in [5, 5.41) is 24.2. The third-order valence-corrected chi connectivity index (χ3v) is 6.04. The highest BCUT2D eigenvalue weighted by Crippen LogP contribution is 2.38. The fourth-order valence-corrected chi connectivity index (χ4v) is 4.10. The van der Waals surface area contributed by atoms with Crippen LogP contribution in [-0.4, -0.2) is 21.8 Å². The van der Waals surface area contributed by atoms with Crippen LogP contribution in [0.1, 0.15) is 11.1 Å². The molecule has 0 aliphatic rings. The molecule has 1 aromatic heterocycles. The predicted molar refractivity (Wildman–Crippen MR) is 138 cm³/mol. The van der Waals surface area contributed by atoms with Gasteiger partial charge in [0.2, 0.25) is 11.0 Å². The maximum atomic E-state index is 11.0. The van der Waals surface area contributed by atoms with E-state index in [0.29, 0.717) is 17.4 Å². The van der Waals surface area contributed by atoms with Crippen molar-refractivity contribution in [3.63, 3.8) is 0 Å². The highest BCUT2D eigenvalue weighted by Gasteiger charge is 2.19. The van der Waals surface area contributed by atoms with Crippen LogP contribution in [0.2, 0.25) is 5.02 Å². The van der Waals surface area contributed by atoms with E-state index in [9.17, 15) is 5.11 Å². The number of nitrogens with one attached hydrogen (secondary N) is 2. The van der Waals surface area contributed by atoms with Crippen LogP contribution in [0.5, 0.6) is 5.88 Å². The van der Waals surface area contributed by atoms with Crippen molar-refractivity contribution >= 4 is 51.2 Å². The largest absolute Gasteiger partial charge is 0.493 e. The van der Waals surface area contributed by atoms with Gasteiger partial charge in [0.1, 0.15) is 6.54 Å². The second kappa shape index (κ2) is 10.1. The van der Waals surface area contributed by atoms with Gasteiger partial charge in [-0.15, -0.1) is 10.2 Å². The molecule has 8 heteroatoms. The Morgan fingerprint density at radius 1 is 1.06 bits per heavy atom. The molecular weight excluding hydrogens is 454 g/mol. The van der Waals surface area contributed by atoms with E-state index in [-0.39, 0.29) is 11.0 Å². The monoisotopic (exact) mass is 478 g/mol. The van der Waals surface area contributed by atoms with E-state index in [2.05, 4.69) is 34.7 Å². The zero-order valence-electron chi connectivity index (χ0n) is 18.4. The first-order chi connectivity index (χ1) is 15.9. The van der Waals surface area contributed by atoms with E-state index >= 15 is 0 Å². The van der Waals surface area contributed by atoms with E-state index in [4.69, 9.17) is 23.8 Å². The molecule has 0 bridgehead atoms. The molecule has 0 fully saturated rings. The van der Waals surface area contributed by atoms with Gasteiger partial charge >= 0.3 is 0 Å². The molecule has 0 aliphatic carbocycles. The fraction of sp³-hybridized carbons (Fsp3) is 0.160. The Morgan fingerprint density at radius 2 is 1.79 bits per heavy atom. The van der Waals surface area contributed by atoms with Crippen LogP contribution in [0.3, 0.4) is 0 Å². The first-order valence-electron chi connectivity index (χ1n) is 10.6. The first-order valence-corrected chi connectivity index (χ1v) is 11.4. The number of benzene rings is 3. The maximum absolute atomic E-state index is 11.0. The van der Waals surface area contributed by atoms with Gasteiger partial charge in [-0.2, -0.15) is 0 Å². The lowest BCUT2D eigenvalue weighted by Gasteiger charge is -2.16. The van der Waals surface area contributed by atoms with Crippen LogP contribution in [-0.2, 0) is 13.2 Å². The number of anilines is 1. The van der Waals surface area contributed by atoms with E-state index in [1.54, 1.807) is 0 Å². The second-order valence-electron chi connectivity index (χ2n) is 7.94. The van der Waals surface area contributed by atoms with Gasteiger partial charge in [-0.3, -0.25) is 4.57 Å². The third-order valence-electron chi connectivity index (χ3n) is 5.44. The van der Waals surface area contributed by atoms with Gasteiger partial charge < -0.3 is 15.3 Å². The number of aromatic hydroxyl groups is 1. The van der Waals surface area contributed by atoms with Gasteiger partial charge in [0.25, 0.3) is 0 Å². The van der Waals surface area contributed by atoms with Gasteiger partial charge in [-0.1, -0.05) is 66.2 Å². The molecule has 4 aromatic rings. The molecule has 0 saturated heterocycles. The van der Waals surface area contributed by atoms with Gasteiger partial charge in [-0.05, 0) is 42.9 Å². The Morgan fingerprint density at radius 3 is 2.58 bits per heavy atom. The summed E-state index contributed by atoms with van der Waals surface area (Å²) in [6.45, 7) is 3.30. The minimum absolute atomic E-state index is 0.0640. The normalized spacial score (nSPS) is 12.3. The van der Waals surface area contributed by atoms with Gasteiger partial charge in [0.15, 0.2) is 12.4 Å². The highest BCUT2D eigenvalue weighted by molar-refractivity contribution is 7.80. The Bertz CT molecular complexity index is 1320. The Balaban J connectivity index is 1.57. The smallest absolute Gasteiger partial charge is 0.225 e. The Labute approximate surface area is 203 Å². The minimum atomic E-state index is 0.0640. The molecule has 6 nitrogen and oxygen atoms in total. The van der Waals surface area contributed by atoms with Crippen molar-refractivity contribution in [2.45, 2.75) is 20.1 Å². The maximum Gasteiger partial charge on any atom is 0.225 e. The molecule has 0 spiro atoms. The Kier molecular flexibility index (Phi) is 7.03. The quantitative estimate of drug-likeness (QED) is 0.254. The van der Waals surface area contributed by atoms with Gasteiger partial charge in [0.05, 0.1) is 12.6 Å². The summed E-state index contributed by atoms with van der Waals surface area (Å²) in [4.78, 5) is 1.22. The van der Waals surface area contributed by atoms with Gasteiger partial charge in [-0.25, -0.2) is 0 Å². The number of hydrogen-bond acceptors (Lipinski definition) is 3. The van der Waals surface area contributed by atoms with E-state index in [0.717, 1.165) is 28.7 Å². The van der Waals surface area contributed by atoms with Crippen molar-refractivity contribution in [2.24, 2.45) is 10.2 Å². The van der Waals surface area contributed by atoms with Crippen LogP contribution >= 0.6 is 23.8 Å². The molecule has 0 radical (unpaired) electrons. The van der Waals surface area contributed by atoms with Crippen LogP contribution < -0.4 is 10.2 Å². The minimum Gasteiger partial charge on any atom is -0.493 e. The lowest BCUT2D eigenvalue weighted by Crippen LogP contribution is -3.06. The molecular formula is C25H25ClN5OS+. The molecule has 1 unspecified atom stereocenters. The number of halogens is 1. The van der Waals surface area contributed by atoms with Crippen molar-refractivity contribution in [1.29, 1.82) is 0 Å². The van der Waals surface area contributed by atoms with Crippen LogP contribution in [0.4, 0.5) is 11.4 Å². The molecule has 0 saturated carbocycles. The van der Waals surface area contributed by atoms with Crippen LogP contribution in [0, 0.1) is 6.92 Å². The lowest BCUT2D eigenvalue weighted by molar-refractivity contribution is -0.916. The summed E-state index contributed by atoms with van der Waals surface area (Å²) >= 11 is 11.5. The number of quaternary nitrogens is 1. The van der Waals surface area contributed by atoms with E-state index in [1.807, 2.05) is 72.2 Å². The second-order valence-corrected chi connectivity index (χ2v) is 8.73. The fourth-order valence-electron chi connectivity index (χ4n) is 3.78. The molecule has 168 valence electrons. The number of rotatable bonds is 6. The summed E-state index contributed by atoms with van der Waals surface area (Å²) in [6.07, 6.45) is 0. The summed E-state index contributed by atoms with van der Waals surface area (Å²) in [6, 6.07) is 23.6. The molecule has 33 heavy (non-hydrogen) atoms. The lowest BCUT2D eigenvalue weighted by atomic mass is 10.2. The number of azo groups is 1. The van der Waals surface area contributed by atoms with Crippen molar-refractivity contribution in [3.8, 4) is 5.88 Å². The van der Waals surface area contributed by atoms with Crippen molar-refractivity contribution in [2.75, 3.05) is 12.4 Å². The molecule has 3 N–H and O–H groups in total. The van der Waals surface area contributed by atoms with Crippen molar-refractivity contribution < 1.29 is 10.0 Å². The topological polar surface area (TPSA) is 66.4 Å². The molecule has 4 rings (SSSR count). The molecule has 0 aliphatic heterocycles. The van der Waals surface area contributed by atoms with Crippen molar-refractivity contribution in [3.05, 3.63) is 88.9 Å². The van der Waals surface area contributed by atoms with Crippen LogP contribution in [0.15, 0.2) is 83.0 Å².